The summed E-state index contributed by atoms with van der Waals surface area (Å²) < 4.78 is 26.5. The van der Waals surface area contributed by atoms with Crippen molar-refractivity contribution in [1.29, 1.82) is 0 Å². The summed E-state index contributed by atoms with van der Waals surface area (Å²) in [4.78, 5) is 27.2. The summed E-state index contributed by atoms with van der Waals surface area (Å²) in [5.41, 5.74) is 1.81. The van der Waals surface area contributed by atoms with Crippen LogP contribution in [0.25, 0.3) is 0 Å². The summed E-state index contributed by atoms with van der Waals surface area (Å²) in [5, 5.41) is 3.31. The Morgan fingerprint density at radius 2 is 1.70 bits per heavy atom. The molecule has 0 saturated carbocycles. The van der Waals surface area contributed by atoms with Crippen LogP contribution in [0, 0.1) is 0 Å². The minimum absolute atomic E-state index is 0.00680. The lowest BCUT2D eigenvalue weighted by Gasteiger charge is -2.32. The number of likely N-dealkylation sites (N-methyl/N-ethyl adjacent to an activating group) is 1. The van der Waals surface area contributed by atoms with Crippen molar-refractivity contribution in [2.75, 3.05) is 24.2 Å². The normalized spacial score (nSPS) is 12.4. The Labute approximate surface area is 205 Å². The van der Waals surface area contributed by atoms with E-state index in [1.807, 2.05) is 26.0 Å². The number of carbonyl (C=O) groups is 2. The molecule has 180 valence electrons. The zero-order chi connectivity index (χ0) is 24.9. The number of hydrogen-bond acceptors (Lipinski definition) is 4. The maximum Gasteiger partial charge on any atom is 0.244 e. The summed E-state index contributed by atoms with van der Waals surface area (Å²) in [7, 11) is -2.33. The van der Waals surface area contributed by atoms with Gasteiger partial charge in [0, 0.05) is 23.6 Å². The number of anilines is 1. The number of nitrogens with one attached hydrogen (secondary N) is 1. The van der Waals surface area contributed by atoms with Gasteiger partial charge in [0.25, 0.3) is 0 Å². The third-order valence-corrected chi connectivity index (χ3v) is 6.99. The van der Waals surface area contributed by atoms with Gasteiger partial charge in [-0.1, -0.05) is 61.3 Å². The second-order valence-corrected chi connectivity index (χ2v) is 10.8. The third-order valence-electron chi connectivity index (χ3n) is 5.28. The van der Waals surface area contributed by atoms with Gasteiger partial charge in [0.15, 0.2) is 0 Å². The molecule has 0 radical (unpaired) electrons. The first-order valence-corrected chi connectivity index (χ1v) is 13.0. The molecule has 0 aliphatic carbocycles. The molecule has 2 aromatic rings. The Morgan fingerprint density at radius 1 is 1.06 bits per heavy atom. The molecule has 1 N–H and O–H groups in total. The van der Waals surface area contributed by atoms with Gasteiger partial charge < -0.3 is 10.2 Å². The quantitative estimate of drug-likeness (QED) is 0.547. The van der Waals surface area contributed by atoms with Gasteiger partial charge in [-0.05, 0) is 42.2 Å². The third kappa shape index (κ3) is 6.85. The van der Waals surface area contributed by atoms with Gasteiger partial charge in [0.1, 0.15) is 12.6 Å². The molecule has 0 fully saturated rings. The van der Waals surface area contributed by atoms with Crippen molar-refractivity contribution in [3.63, 3.8) is 0 Å². The Balaban J connectivity index is 2.48. The molecule has 2 rings (SSSR count). The molecule has 0 aromatic heterocycles. The smallest absolute Gasteiger partial charge is 0.244 e. The largest absolute Gasteiger partial charge is 0.357 e. The van der Waals surface area contributed by atoms with E-state index in [0.717, 1.165) is 16.1 Å². The van der Waals surface area contributed by atoms with Crippen molar-refractivity contribution in [3.8, 4) is 0 Å². The van der Waals surface area contributed by atoms with Crippen LogP contribution in [0.4, 0.5) is 5.69 Å². The first kappa shape index (κ1) is 27.0. The maximum atomic E-state index is 13.5. The van der Waals surface area contributed by atoms with Gasteiger partial charge in [-0.2, -0.15) is 0 Å². The average molecular weight is 514 g/mol. The highest BCUT2D eigenvalue weighted by Crippen LogP contribution is 2.29. The number of hydrogen-bond donors (Lipinski definition) is 1. The summed E-state index contributed by atoms with van der Waals surface area (Å²) in [6.45, 7) is 5.02. The van der Waals surface area contributed by atoms with Gasteiger partial charge in [0.2, 0.25) is 21.8 Å². The number of carbonyl (C=O) groups excluding carboxylic acids is 2. The number of halogens is 2. The van der Waals surface area contributed by atoms with Crippen molar-refractivity contribution in [2.45, 2.75) is 39.3 Å². The number of para-hydroxylation sites is 1. The van der Waals surface area contributed by atoms with Crippen LogP contribution in [-0.4, -0.2) is 51.0 Å². The lowest BCUT2D eigenvalue weighted by Crippen LogP contribution is -2.50. The summed E-state index contributed by atoms with van der Waals surface area (Å²) >= 11 is 12.3. The van der Waals surface area contributed by atoms with Crippen LogP contribution in [0.2, 0.25) is 10.0 Å². The van der Waals surface area contributed by atoms with Crippen LogP contribution in [0.3, 0.4) is 0 Å². The van der Waals surface area contributed by atoms with Crippen LogP contribution in [0.5, 0.6) is 0 Å². The van der Waals surface area contributed by atoms with E-state index in [1.165, 1.54) is 11.9 Å². The van der Waals surface area contributed by atoms with E-state index < -0.39 is 28.5 Å². The monoisotopic (exact) mass is 513 g/mol. The lowest BCUT2D eigenvalue weighted by atomic mass is 10.0. The lowest BCUT2D eigenvalue weighted by molar-refractivity contribution is -0.139. The Kier molecular flexibility index (Phi) is 9.17. The van der Waals surface area contributed by atoms with Gasteiger partial charge in [-0.15, -0.1) is 0 Å². The molecule has 0 aliphatic rings. The fourth-order valence-corrected chi connectivity index (χ4v) is 4.76. The highest BCUT2D eigenvalue weighted by Gasteiger charge is 2.31. The first-order chi connectivity index (χ1) is 15.4. The summed E-state index contributed by atoms with van der Waals surface area (Å²) in [6.07, 6.45) is 1.06. The molecule has 10 heteroatoms. The van der Waals surface area contributed by atoms with Crippen molar-refractivity contribution >= 4 is 50.7 Å². The van der Waals surface area contributed by atoms with Crippen molar-refractivity contribution in [3.05, 3.63) is 63.6 Å². The summed E-state index contributed by atoms with van der Waals surface area (Å²) in [5.74, 6) is -0.891. The SMILES string of the molecule is CNC(=O)C(C)N(Cc1ccc(Cl)cc1Cl)C(=O)CN(c1ccccc1C(C)C)S(C)(=O)=O. The van der Waals surface area contributed by atoms with Crippen molar-refractivity contribution in [2.24, 2.45) is 0 Å². The van der Waals surface area contributed by atoms with E-state index in [1.54, 1.807) is 37.3 Å². The van der Waals surface area contributed by atoms with Crippen LogP contribution >= 0.6 is 23.2 Å². The summed E-state index contributed by atoms with van der Waals surface area (Å²) in [6, 6.07) is 11.0. The van der Waals surface area contributed by atoms with E-state index in [2.05, 4.69) is 5.32 Å². The van der Waals surface area contributed by atoms with Gasteiger partial charge >= 0.3 is 0 Å². The number of amides is 2. The number of nitrogens with zero attached hydrogens (tertiary/aromatic N) is 2. The van der Waals surface area contributed by atoms with Gasteiger partial charge in [-0.3, -0.25) is 13.9 Å². The second-order valence-electron chi connectivity index (χ2n) is 8.03. The van der Waals surface area contributed by atoms with Gasteiger partial charge in [0.05, 0.1) is 11.9 Å². The van der Waals surface area contributed by atoms with Crippen molar-refractivity contribution in [1.82, 2.24) is 10.2 Å². The molecule has 1 atom stereocenters. The number of benzene rings is 2. The molecule has 0 bridgehead atoms. The highest BCUT2D eigenvalue weighted by molar-refractivity contribution is 7.92. The molecule has 2 amide bonds. The Bertz CT molecular complexity index is 1120. The number of sulfonamides is 1. The van der Waals surface area contributed by atoms with Crippen LogP contribution in [0.1, 0.15) is 37.8 Å². The fourth-order valence-electron chi connectivity index (χ4n) is 3.42. The minimum atomic E-state index is -3.80. The number of rotatable bonds is 9. The second kappa shape index (κ2) is 11.2. The first-order valence-electron chi connectivity index (χ1n) is 10.4. The minimum Gasteiger partial charge on any atom is -0.357 e. The van der Waals surface area contributed by atoms with Crippen LogP contribution in [0.15, 0.2) is 42.5 Å². The molecule has 0 heterocycles. The van der Waals surface area contributed by atoms with Crippen molar-refractivity contribution < 1.29 is 18.0 Å². The fraction of sp³-hybridized carbons (Fsp3) is 0.391. The highest BCUT2D eigenvalue weighted by atomic mass is 35.5. The Hall–Kier alpha value is -2.29. The van der Waals surface area contributed by atoms with E-state index in [-0.39, 0.29) is 18.4 Å². The Morgan fingerprint density at radius 3 is 2.24 bits per heavy atom. The predicted molar refractivity (Wildman–Crippen MR) is 133 cm³/mol. The molecule has 1 unspecified atom stereocenters. The molecular weight excluding hydrogens is 485 g/mol. The molecule has 2 aromatic carbocycles. The van der Waals surface area contributed by atoms with E-state index in [0.29, 0.717) is 21.3 Å². The molecule has 33 heavy (non-hydrogen) atoms. The maximum absolute atomic E-state index is 13.5. The average Bonchev–Trinajstić information content (AvgIpc) is 2.74. The molecule has 0 saturated heterocycles. The topological polar surface area (TPSA) is 86.8 Å². The molecule has 7 nitrogen and oxygen atoms in total. The predicted octanol–water partition coefficient (Wildman–Crippen LogP) is 4.05. The van der Waals surface area contributed by atoms with Crippen LogP contribution < -0.4 is 9.62 Å². The van der Waals surface area contributed by atoms with E-state index in [9.17, 15) is 18.0 Å². The van der Waals surface area contributed by atoms with E-state index >= 15 is 0 Å². The van der Waals surface area contributed by atoms with Crippen LogP contribution in [-0.2, 0) is 26.2 Å². The standard InChI is InChI=1S/C23H29Cl2N3O4S/c1-15(2)19-8-6-7-9-21(19)28(33(5,31)32)14-22(29)27(16(3)23(30)26-4)13-17-10-11-18(24)12-20(17)25/h6-12,15-16H,13-14H2,1-5H3,(H,26,30). The van der Waals surface area contributed by atoms with E-state index in [4.69, 9.17) is 23.2 Å². The van der Waals surface area contributed by atoms with Gasteiger partial charge in [-0.25, -0.2) is 8.42 Å². The molecule has 0 spiro atoms. The zero-order valence-corrected chi connectivity index (χ0v) is 21.6. The zero-order valence-electron chi connectivity index (χ0n) is 19.3. The molecular formula is C23H29Cl2N3O4S. The molecule has 0 aliphatic heterocycles.